The molecule has 15 heavy (non-hydrogen) atoms. The van der Waals surface area contributed by atoms with Crippen LogP contribution in [0.5, 0.6) is 0 Å². The SMILES string of the molecule is CCCOCCCNC(C)CC(=O)OC. The van der Waals surface area contributed by atoms with Crippen molar-refractivity contribution in [2.45, 2.75) is 39.2 Å². The van der Waals surface area contributed by atoms with Crippen LogP contribution in [0, 0.1) is 0 Å². The monoisotopic (exact) mass is 217 g/mol. The lowest BCUT2D eigenvalue weighted by molar-refractivity contribution is -0.141. The van der Waals surface area contributed by atoms with E-state index in [1.54, 1.807) is 0 Å². The minimum atomic E-state index is -0.169. The Morgan fingerprint density at radius 2 is 2.13 bits per heavy atom. The molecule has 90 valence electrons. The third-order valence-electron chi connectivity index (χ3n) is 2.01. The molecule has 0 spiro atoms. The summed E-state index contributed by atoms with van der Waals surface area (Å²) in [5.41, 5.74) is 0. The standard InChI is InChI=1S/C11H23NO3/c1-4-7-15-8-5-6-12-10(2)9-11(13)14-3/h10,12H,4-9H2,1-3H3. The molecule has 0 radical (unpaired) electrons. The number of carbonyl (C=O) groups is 1. The second kappa shape index (κ2) is 9.93. The average molecular weight is 217 g/mol. The number of hydrogen-bond acceptors (Lipinski definition) is 4. The van der Waals surface area contributed by atoms with Crippen molar-refractivity contribution < 1.29 is 14.3 Å². The van der Waals surface area contributed by atoms with E-state index in [0.717, 1.165) is 32.6 Å². The molecule has 0 amide bonds. The van der Waals surface area contributed by atoms with Gasteiger partial charge in [-0.1, -0.05) is 6.92 Å². The fourth-order valence-corrected chi connectivity index (χ4v) is 1.17. The molecule has 1 unspecified atom stereocenters. The van der Waals surface area contributed by atoms with Crippen LogP contribution in [-0.2, 0) is 14.3 Å². The molecule has 4 heteroatoms. The number of carbonyl (C=O) groups excluding carboxylic acids is 1. The van der Waals surface area contributed by atoms with Crippen molar-refractivity contribution in [2.24, 2.45) is 0 Å². The largest absolute Gasteiger partial charge is 0.469 e. The van der Waals surface area contributed by atoms with Gasteiger partial charge in [0.05, 0.1) is 13.5 Å². The van der Waals surface area contributed by atoms with Gasteiger partial charge in [-0.2, -0.15) is 0 Å². The Kier molecular flexibility index (Phi) is 9.52. The number of nitrogens with one attached hydrogen (secondary N) is 1. The fourth-order valence-electron chi connectivity index (χ4n) is 1.17. The first-order valence-corrected chi connectivity index (χ1v) is 5.58. The summed E-state index contributed by atoms with van der Waals surface area (Å²) in [6.07, 6.45) is 2.46. The van der Waals surface area contributed by atoms with Gasteiger partial charge in [0.2, 0.25) is 0 Å². The van der Waals surface area contributed by atoms with Crippen LogP contribution >= 0.6 is 0 Å². The highest BCUT2D eigenvalue weighted by Crippen LogP contribution is 1.93. The molecule has 0 aromatic heterocycles. The summed E-state index contributed by atoms with van der Waals surface area (Å²) in [6, 6.07) is 0.170. The molecule has 0 fully saturated rings. The van der Waals surface area contributed by atoms with Gasteiger partial charge in [-0.3, -0.25) is 4.79 Å². The van der Waals surface area contributed by atoms with Crippen LogP contribution in [0.1, 0.15) is 33.1 Å². The fraction of sp³-hybridized carbons (Fsp3) is 0.909. The smallest absolute Gasteiger partial charge is 0.307 e. The zero-order valence-corrected chi connectivity index (χ0v) is 10.0. The summed E-state index contributed by atoms with van der Waals surface area (Å²) in [4.78, 5) is 10.9. The summed E-state index contributed by atoms with van der Waals surface area (Å²) in [5, 5.41) is 3.24. The van der Waals surface area contributed by atoms with Gasteiger partial charge < -0.3 is 14.8 Å². The summed E-state index contributed by atoms with van der Waals surface area (Å²) < 4.78 is 9.91. The van der Waals surface area contributed by atoms with Crippen molar-refractivity contribution >= 4 is 5.97 Å². The molecule has 0 heterocycles. The van der Waals surface area contributed by atoms with Gasteiger partial charge in [0.1, 0.15) is 0 Å². The average Bonchev–Trinajstić information content (AvgIpc) is 2.23. The van der Waals surface area contributed by atoms with E-state index in [9.17, 15) is 4.79 Å². The van der Waals surface area contributed by atoms with Crippen LogP contribution in [0.15, 0.2) is 0 Å². The van der Waals surface area contributed by atoms with Gasteiger partial charge in [0.15, 0.2) is 0 Å². The first-order valence-electron chi connectivity index (χ1n) is 5.58. The molecule has 0 aliphatic carbocycles. The Hall–Kier alpha value is -0.610. The molecule has 1 N–H and O–H groups in total. The van der Waals surface area contributed by atoms with E-state index in [0.29, 0.717) is 6.42 Å². The molecule has 1 atom stereocenters. The minimum Gasteiger partial charge on any atom is -0.469 e. The van der Waals surface area contributed by atoms with Crippen molar-refractivity contribution in [3.8, 4) is 0 Å². The molecule has 0 bridgehead atoms. The first-order chi connectivity index (χ1) is 7.20. The molecular formula is C11H23NO3. The second-order valence-corrected chi connectivity index (χ2v) is 3.60. The molecule has 0 aromatic rings. The lowest BCUT2D eigenvalue weighted by Gasteiger charge is -2.12. The van der Waals surface area contributed by atoms with Crippen LogP contribution in [0.3, 0.4) is 0 Å². The Morgan fingerprint density at radius 3 is 2.73 bits per heavy atom. The first kappa shape index (κ1) is 14.4. The minimum absolute atomic E-state index is 0.169. The maximum atomic E-state index is 10.9. The summed E-state index contributed by atoms with van der Waals surface area (Å²) in [6.45, 7) is 6.56. The molecule has 0 rings (SSSR count). The maximum absolute atomic E-state index is 10.9. The molecule has 0 aliphatic heterocycles. The van der Waals surface area contributed by atoms with Crippen molar-refractivity contribution in [1.29, 1.82) is 0 Å². The topological polar surface area (TPSA) is 47.6 Å². The van der Waals surface area contributed by atoms with Crippen LogP contribution in [0.2, 0.25) is 0 Å². The quantitative estimate of drug-likeness (QED) is 0.468. The molecule has 0 aromatic carbocycles. The predicted octanol–water partition coefficient (Wildman–Crippen LogP) is 1.34. The van der Waals surface area contributed by atoms with E-state index in [2.05, 4.69) is 17.0 Å². The third kappa shape index (κ3) is 9.69. The van der Waals surface area contributed by atoms with Crippen LogP contribution in [0.4, 0.5) is 0 Å². The van der Waals surface area contributed by atoms with E-state index >= 15 is 0 Å². The molecule has 4 nitrogen and oxygen atoms in total. The van der Waals surface area contributed by atoms with Gasteiger partial charge in [0, 0.05) is 19.3 Å². The number of rotatable bonds is 9. The van der Waals surface area contributed by atoms with Gasteiger partial charge >= 0.3 is 5.97 Å². The lowest BCUT2D eigenvalue weighted by atomic mass is 10.2. The number of methoxy groups -OCH3 is 1. The maximum Gasteiger partial charge on any atom is 0.307 e. The number of ether oxygens (including phenoxy) is 2. The predicted molar refractivity (Wildman–Crippen MR) is 59.8 cm³/mol. The van der Waals surface area contributed by atoms with Crippen LogP contribution in [-0.4, -0.2) is 38.9 Å². The van der Waals surface area contributed by atoms with Crippen molar-refractivity contribution in [3.05, 3.63) is 0 Å². The molecule has 0 aliphatic rings. The summed E-state index contributed by atoms with van der Waals surface area (Å²) in [5.74, 6) is -0.169. The summed E-state index contributed by atoms with van der Waals surface area (Å²) in [7, 11) is 1.41. The molecule has 0 saturated carbocycles. The molecular weight excluding hydrogens is 194 g/mol. The highest BCUT2D eigenvalue weighted by atomic mass is 16.5. The number of esters is 1. The highest BCUT2D eigenvalue weighted by molar-refractivity contribution is 5.69. The van der Waals surface area contributed by atoms with Gasteiger partial charge in [-0.25, -0.2) is 0 Å². The van der Waals surface area contributed by atoms with E-state index in [-0.39, 0.29) is 12.0 Å². The van der Waals surface area contributed by atoms with Gasteiger partial charge in [-0.15, -0.1) is 0 Å². The Labute approximate surface area is 92.3 Å². The number of hydrogen-bond donors (Lipinski definition) is 1. The summed E-state index contributed by atoms with van der Waals surface area (Å²) >= 11 is 0. The van der Waals surface area contributed by atoms with Gasteiger partial charge in [0.25, 0.3) is 0 Å². The zero-order chi connectivity index (χ0) is 11.5. The second-order valence-electron chi connectivity index (χ2n) is 3.60. The van der Waals surface area contributed by atoms with Crippen molar-refractivity contribution in [1.82, 2.24) is 5.32 Å². The van der Waals surface area contributed by atoms with Crippen LogP contribution in [0.25, 0.3) is 0 Å². The van der Waals surface area contributed by atoms with E-state index < -0.39 is 0 Å². The molecule has 0 saturated heterocycles. The van der Waals surface area contributed by atoms with Crippen molar-refractivity contribution in [2.75, 3.05) is 26.9 Å². The highest BCUT2D eigenvalue weighted by Gasteiger charge is 2.07. The lowest BCUT2D eigenvalue weighted by Crippen LogP contribution is -2.30. The van der Waals surface area contributed by atoms with Crippen molar-refractivity contribution in [3.63, 3.8) is 0 Å². The Morgan fingerprint density at radius 1 is 1.40 bits per heavy atom. The Balaban J connectivity index is 3.23. The van der Waals surface area contributed by atoms with E-state index in [1.807, 2.05) is 6.92 Å². The normalized spacial score (nSPS) is 12.5. The third-order valence-corrected chi connectivity index (χ3v) is 2.01. The van der Waals surface area contributed by atoms with E-state index in [4.69, 9.17) is 4.74 Å². The van der Waals surface area contributed by atoms with E-state index in [1.165, 1.54) is 7.11 Å². The zero-order valence-electron chi connectivity index (χ0n) is 10.0. The van der Waals surface area contributed by atoms with Crippen LogP contribution < -0.4 is 5.32 Å². The Bertz CT molecular complexity index is 162. The van der Waals surface area contributed by atoms with Gasteiger partial charge in [-0.05, 0) is 26.3 Å².